The minimum Gasteiger partial charge on any atom is -0.497 e. The molecule has 0 saturated carbocycles. The summed E-state index contributed by atoms with van der Waals surface area (Å²) in [6.07, 6.45) is 0. The van der Waals surface area contributed by atoms with Crippen molar-refractivity contribution in [3.8, 4) is 17.1 Å². The number of nitrogens with zero attached hydrogens (tertiary/aromatic N) is 4. The van der Waals surface area contributed by atoms with Gasteiger partial charge in [-0.25, -0.2) is 0 Å². The van der Waals surface area contributed by atoms with Gasteiger partial charge in [-0.15, -0.1) is 15.3 Å². The van der Waals surface area contributed by atoms with Crippen molar-refractivity contribution in [3.63, 3.8) is 0 Å². The minimum absolute atomic E-state index is 0.704. The van der Waals surface area contributed by atoms with Gasteiger partial charge in [-0.2, -0.15) is 4.52 Å². The molecule has 0 aliphatic heterocycles. The largest absolute Gasteiger partial charge is 0.497 e. The molecule has 0 aliphatic rings. The number of hydrogen-bond acceptors (Lipinski definition) is 5. The van der Waals surface area contributed by atoms with Crippen LogP contribution in [0.15, 0.2) is 60.7 Å². The van der Waals surface area contributed by atoms with Crippen LogP contribution in [0.2, 0.25) is 0 Å². The number of ether oxygens (including phenoxy) is 1. The number of nitrogens with one attached hydrogen (secondary N) is 1. The Balaban J connectivity index is 1.68. The average Bonchev–Trinajstić information content (AvgIpc) is 3.06. The predicted molar refractivity (Wildman–Crippen MR) is 97.2 cm³/mol. The Kier molecular flexibility index (Phi) is 3.78. The van der Waals surface area contributed by atoms with E-state index in [2.05, 4.69) is 39.7 Å². The fraction of sp³-hybridized carbons (Fsp3) is 0.105. The molecule has 124 valence electrons. The summed E-state index contributed by atoms with van der Waals surface area (Å²) in [7, 11) is 1.65. The summed E-state index contributed by atoms with van der Waals surface area (Å²) in [4.78, 5) is 0. The van der Waals surface area contributed by atoms with Gasteiger partial charge in [0.05, 0.1) is 7.11 Å². The first-order chi connectivity index (χ1) is 12.2. The van der Waals surface area contributed by atoms with E-state index in [9.17, 15) is 0 Å². The van der Waals surface area contributed by atoms with E-state index in [0.29, 0.717) is 17.3 Å². The number of hydrogen-bond donors (Lipinski definition) is 1. The van der Waals surface area contributed by atoms with E-state index in [1.54, 1.807) is 11.6 Å². The second kappa shape index (κ2) is 6.24. The van der Waals surface area contributed by atoms with Crippen LogP contribution in [0.25, 0.3) is 17.0 Å². The van der Waals surface area contributed by atoms with Crippen LogP contribution in [0.5, 0.6) is 5.75 Å². The smallest absolute Gasteiger partial charge is 0.185 e. The van der Waals surface area contributed by atoms with Gasteiger partial charge < -0.3 is 10.1 Å². The van der Waals surface area contributed by atoms with Crippen LogP contribution in [0.4, 0.5) is 11.5 Å². The predicted octanol–water partition coefficient (Wildman–Crippen LogP) is 3.85. The number of aromatic nitrogens is 4. The fourth-order valence-electron chi connectivity index (χ4n) is 2.56. The van der Waals surface area contributed by atoms with Crippen LogP contribution in [0, 0.1) is 6.92 Å². The van der Waals surface area contributed by atoms with Crippen LogP contribution in [0.3, 0.4) is 0 Å². The number of fused-ring (bicyclic) bond motifs is 1. The highest BCUT2D eigenvalue weighted by molar-refractivity contribution is 5.62. The van der Waals surface area contributed by atoms with Crippen molar-refractivity contribution in [1.29, 1.82) is 0 Å². The van der Waals surface area contributed by atoms with Crippen molar-refractivity contribution in [3.05, 3.63) is 66.2 Å². The normalized spacial score (nSPS) is 10.8. The maximum Gasteiger partial charge on any atom is 0.185 e. The molecular formula is C19H17N5O. The number of rotatable bonds is 4. The van der Waals surface area contributed by atoms with E-state index in [4.69, 9.17) is 4.74 Å². The van der Waals surface area contributed by atoms with E-state index in [0.717, 1.165) is 17.0 Å². The molecule has 0 radical (unpaired) electrons. The SMILES string of the molecule is COc1ccc(Nc2ccc3nnc(-c4ccc(C)cc4)n3n2)cc1. The van der Waals surface area contributed by atoms with Crippen molar-refractivity contribution in [2.75, 3.05) is 12.4 Å². The monoisotopic (exact) mass is 331 g/mol. The molecule has 6 heteroatoms. The molecular weight excluding hydrogens is 314 g/mol. The van der Waals surface area contributed by atoms with Crippen molar-refractivity contribution in [2.45, 2.75) is 6.92 Å². The van der Waals surface area contributed by atoms with E-state index in [1.807, 2.05) is 48.5 Å². The lowest BCUT2D eigenvalue weighted by molar-refractivity contribution is 0.415. The molecule has 0 aliphatic carbocycles. The zero-order valence-electron chi connectivity index (χ0n) is 14.0. The third kappa shape index (κ3) is 3.01. The molecule has 25 heavy (non-hydrogen) atoms. The molecule has 2 heterocycles. The van der Waals surface area contributed by atoms with Crippen molar-refractivity contribution >= 4 is 17.2 Å². The van der Waals surface area contributed by atoms with Crippen LogP contribution >= 0.6 is 0 Å². The second-order valence-electron chi connectivity index (χ2n) is 5.73. The van der Waals surface area contributed by atoms with E-state index >= 15 is 0 Å². The molecule has 0 fully saturated rings. The Morgan fingerprint density at radius 1 is 0.880 bits per heavy atom. The summed E-state index contributed by atoms with van der Waals surface area (Å²) in [5.41, 5.74) is 3.81. The Morgan fingerprint density at radius 2 is 1.64 bits per heavy atom. The third-order valence-corrected chi connectivity index (χ3v) is 3.94. The van der Waals surface area contributed by atoms with Gasteiger partial charge >= 0.3 is 0 Å². The minimum atomic E-state index is 0.704. The quantitative estimate of drug-likeness (QED) is 0.615. The Morgan fingerprint density at radius 3 is 2.36 bits per heavy atom. The van der Waals surface area contributed by atoms with Gasteiger partial charge in [-0.1, -0.05) is 29.8 Å². The molecule has 4 rings (SSSR count). The van der Waals surface area contributed by atoms with Crippen LogP contribution in [0.1, 0.15) is 5.56 Å². The first kappa shape index (κ1) is 15.1. The maximum atomic E-state index is 5.18. The molecule has 4 aromatic rings. The van der Waals surface area contributed by atoms with Gasteiger partial charge in [-0.3, -0.25) is 0 Å². The number of aryl methyl sites for hydroxylation is 1. The van der Waals surface area contributed by atoms with Crippen LogP contribution in [-0.2, 0) is 0 Å². The highest BCUT2D eigenvalue weighted by Crippen LogP contribution is 2.21. The van der Waals surface area contributed by atoms with Crippen molar-refractivity contribution < 1.29 is 4.74 Å². The first-order valence-corrected chi connectivity index (χ1v) is 7.93. The molecule has 1 N–H and O–H groups in total. The summed E-state index contributed by atoms with van der Waals surface area (Å²) < 4.78 is 6.92. The van der Waals surface area contributed by atoms with Crippen molar-refractivity contribution in [1.82, 2.24) is 19.8 Å². The maximum absolute atomic E-state index is 5.18. The van der Waals surface area contributed by atoms with Gasteiger partial charge in [0, 0.05) is 11.3 Å². The topological polar surface area (TPSA) is 64.3 Å². The summed E-state index contributed by atoms with van der Waals surface area (Å²) >= 11 is 0. The highest BCUT2D eigenvalue weighted by Gasteiger charge is 2.10. The molecule has 2 aromatic carbocycles. The molecule has 0 saturated heterocycles. The summed E-state index contributed by atoms with van der Waals surface area (Å²) in [6, 6.07) is 19.6. The van der Waals surface area contributed by atoms with Crippen LogP contribution < -0.4 is 10.1 Å². The van der Waals surface area contributed by atoms with E-state index in [-0.39, 0.29) is 0 Å². The lowest BCUT2D eigenvalue weighted by Crippen LogP contribution is -2.00. The second-order valence-corrected chi connectivity index (χ2v) is 5.73. The molecule has 0 atom stereocenters. The first-order valence-electron chi connectivity index (χ1n) is 7.93. The number of anilines is 2. The molecule has 0 unspecified atom stereocenters. The standard InChI is InChI=1S/C19H17N5O/c1-13-3-5-14(6-4-13)19-22-21-18-12-11-17(23-24(18)19)20-15-7-9-16(25-2)10-8-15/h3-12H,1-2H3,(H,20,23). The molecule has 0 bridgehead atoms. The van der Waals surface area contributed by atoms with Gasteiger partial charge in [0.2, 0.25) is 0 Å². The van der Waals surface area contributed by atoms with Gasteiger partial charge in [0.15, 0.2) is 17.3 Å². The lowest BCUT2D eigenvalue weighted by Gasteiger charge is -2.07. The molecule has 0 spiro atoms. The van der Waals surface area contributed by atoms with Gasteiger partial charge in [0.1, 0.15) is 5.75 Å². The summed E-state index contributed by atoms with van der Waals surface area (Å²) in [5, 5.41) is 16.4. The number of methoxy groups -OCH3 is 1. The Labute approximate surface area is 145 Å². The average molecular weight is 331 g/mol. The zero-order valence-corrected chi connectivity index (χ0v) is 14.0. The van der Waals surface area contributed by atoms with Gasteiger partial charge in [-0.05, 0) is 43.3 Å². The molecule has 2 aromatic heterocycles. The molecule has 0 amide bonds. The van der Waals surface area contributed by atoms with Crippen molar-refractivity contribution in [2.24, 2.45) is 0 Å². The fourth-order valence-corrected chi connectivity index (χ4v) is 2.56. The lowest BCUT2D eigenvalue weighted by atomic mass is 10.1. The van der Waals surface area contributed by atoms with Crippen LogP contribution in [-0.4, -0.2) is 26.9 Å². The molecule has 6 nitrogen and oxygen atoms in total. The Bertz CT molecular complexity index is 1010. The highest BCUT2D eigenvalue weighted by atomic mass is 16.5. The van der Waals surface area contributed by atoms with E-state index < -0.39 is 0 Å². The zero-order chi connectivity index (χ0) is 17.2. The third-order valence-electron chi connectivity index (χ3n) is 3.94. The van der Waals surface area contributed by atoms with Gasteiger partial charge in [0.25, 0.3) is 0 Å². The summed E-state index contributed by atoms with van der Waals surface area (Å²) in [6.45, 7) is 2.06. The summed E-state index contributed by atoms with van der Waals surface area (Å²) in [5.74, 6) is 2.24. The van der Waals surface area contributed by atoms with E-state index in [1.165, 1.54) is 5.56 Å². The number of benzene rings is 2. The Hall–Kier alpha value is -3.41.